The van der Waals surface area contributed by atoms with E-state index in [0.717, 1.165) is 0 Å². The van der Waals surface area contributed by atoms with Crippen molar-refractivity contribution < 1.29 is 19.1 Å². The number of methoxy groups -OCH3 is 1. The number of hydrogen-bond donors (Lipinski definition) is 1. The molecule has 0 bridgehead atoms. The summed E-state index contributed by atoms with van der Waals surface area (Å²) in [6.45, 7) is 1.86. The number of benzene rings is 2. The van der Waals surface area contributed by atoms with Gasteiger partial charge in [-0.25, -0.2) is 0 Å². The highest BCUT2D eigenvalue weighted by Crippen LogP contribution is 2.26. The van der Waals surface area contributed by atoms with Crippen molar-refractivity contribution in [2.45, 2.75) is 6.92 Å². The molecule has 27 heavy (non-hydrogen) atoms. The summed E-state index contributed by atoms with van der Waals surface area (Å²) in [5, 5.41) is 3.48. The van der Waals surface area contributed by atoms with Crippen LogP contribution in [0.2, 0.25) is 10.0 Å². The van der Waals surface area contributed by atoms with Gasteiger partial charge in [0.1, 0.15) is 11.5 Å². The summed E-state index contributed by atoms with van der Waals surface area (Å²) in [6, 6.07) is 11.7. The first-order valence-electron chi connectivity index (χ1n) is 8.22. The van der Waals surface area contributed by atoms with Gasteiger partial charge in [0.05, 0.1) is 23.7 Å². The Morgan fingerprint density at radius 2 is 1.85 bits per heavy atom. The molecule has 8 heteroatoms. The van der Waals surface area contributed by atoms with Crippen LogP contribution in [0.25, 0.3) is 0 Å². The van der Waals surface area contributed by atoms with Gasteiger partial charge in [0.2, 0.25) is 5.91 Å². The molecular weight excluding hydrogens is 391 g/mol. The molecule has 0 aliphatic carbocycles. The van der Waals surface area contributed by atoms with E-state index in [0.29, 0.717) is 33.8 Å². The minimum atomic E-state index is -0.315. The monoisotopic (exact) mass is 410 g/mol. The molecule has 6 nitrogen and oxygen atoms in total. The fraction of sp³-hybridized carbons (Fsp3) is 0.263. The van der Waals surface area contributed by atoms with Crippen molar-refractivity contribution in [3.05, 3.63) is 52.5 Å². The normalized spacial score (nSPS) is 10.2. The van der Waals surface area contributed by atoms with Gasteiger partial charge in [0.15, 0.2) is 6.61 Å². The van der Waals surface area contributed by atoms with Crippen LogP contribution in [0.4, 0.5) is 5.69 Å². The Morgan fingerprint density at radius 1 is 1.07 bits per heavy atom. The fourth-order valence-electron chi connectivity index (χ4n) is 2.25. The molecule has 0 atom stereocenters. The van der Waals surface area contributed by atoms with Crippen molar-refractivity contribution in [3.8, 4) is 11.5 Å². The summed E-state index contributed by atoms with van der Waals surface area (Å²) in [4.78, 5) is 25.9. The maximum absolute atomic E-state index is 12.3. The Morgan fingerprint density at radius 3 is 2.52 bits per heavy atom. The van der Waals surface area contributed by atoms with Crippen molar-refractivity contribution in [1.82, 2.24) is 4.90 Å². The maximum Gasteiger partial charge on any atom is 0.260 e. The number of nitrogens with zero attached hydrogens (tertiary/aromatic N) is 1. The molecule has 2 amide bonds. The van der Waals surface area contributed by atoms with Gasteiger partial charge in [0, 0.05) is 24.4 Å². The van der Waals surface area contributed by atoms with E-state index < -0.39 is 0 Å². The first-order chi connectivity index (χ1) is 12.9. The summed E-state index contributed by atoms with van der Waals surface area (Å²) in [6.07, 6.45) is 0. The van der Waals surface area contributed by atoms with E-state index in [9.17, 15) is 9.59 Å². The average molecular weight is 411 g/mol. The highest BCUT2D eigenvalue weighted by molar-refractivity contribution is 6.42. The lowest BCUT2D eigenvalue weighted by atomic mass is 10.3. The van der Waals surface area contributed by atoms with E-state index in [1.54, 1.807) is 50.4 Å². The predicted molar refractivity (Wildman–Crippen MR) is 106 cm³/mol. The highest BCUT2D eigenvalue weighted by atomic mass is 35.5. The molecule has 2 aromatic rings. The van der Waals surface area contributed by atoms with Gasteiger partial charge in [-0.2, -0.15) is 0 Å². The van der Waals surface area contributed by atoms with E-state index in [-0.39, 0.29) is 25.0 Å². The summed E-state index contributed by atoms with van der Waals surface area (Å²) in [7, 11) is 1.55. The zero-order chi connectivity index (χ0) is 19.8. The van der Waals surface area contributed by atoms with Crippen LogP contribution in [0.1, 0.15) is 6.92 Å². The number of rotatable bonds is 8. The molecule has 0 fully saturated rings. The number of ether oxygens (including phenoxy) is 2. The van der Waals surface area contributed by atoms with Gasteiger partial charge < -0.3 is 19.7 Å². The Kier molecular flexibility index (Phi) is 7.76. The summed E-state index contributed by atoms with van der Waals surface area (Å²) in [5.41, 5.74) is 0.593. The molecule has 1 N–H and O–H groups in total. The average Bonchev–Trinajstić information content (AvgIpc) is 2.66. The molecule has 2 aromatic carbocycles. The second-order valence-electron chi connectivity index (χ2n) is 5.55. The SMILES string of the molecule is CCN(CC(=O)Nc1cccc(OC)c1)C(=O)COc1ccc(Cl)c(Cl)c1. The first kappa shape index (κ1) is 20.9. The van der Waals surface area contributed by atoms with E-state index in [4.69, 9.17) is 32.7 Å². The zero-order valence-electron chi connectivity index (χ0n) is 15.0. The Balaban J connectivity index is 1.89. The van der Waals surface area contributed by atoms with E-state index in [1.807, 2.05) is 0 Å². The van der Waals surface area contributed by atoms with Crippen molar-refractivity contribution in [2.24, 2.45) is 0 Å². The smallest absolute Gasteiger partial charge is 0.260 e. The predicted octanol–water partition coefficient (Wildman–Crippen LogP) is 3.87. The van der Waals surface area contributed by atoms with E-state index in [2.05, 4.69) is 5.32 Å². The first-order valence-corrected chi connectivity index (χ1v) is 8.98. The van der Waals surface area contributed by atoms with Crippen LogP contribution in [0, 0.1) is 0 Å². The molecule has 0 unspecified atom stereocenters. The van der Waals surface area contributed by atoms with Crippen LogP contribution >= 0.6 is 23.2 Å². The van der Waals surface area contributed by atoms with E-state index in [1.165, 1.54) is 11.0 Å². The van der Waals surface area contributed by atoms with Gasteiger partial charge in [-0.05, 0) is 31.2 Å². The second kappa shape index (κ2) is 10.0. The second-order valence-corrected chi connectivity index (χ2v) is 6.37. The number of carbonyl (C=O) groups excluding carboxylic acids is 2. The van der Waals surface area contributed by atoms with Crippen LogP contribution < -0.4 is 14.8 Å². The molecule has 2 rings (SSSR count). The molecule has 0 saturated heterocycles. The molecule has 0 aromatic heterocycles. The Hall–Kier alpha value is -2.44. The third kappa shape index (κ3) is 6.34. The molecule has 0 saturated carbocycles. The molecule has 144 valence electrons. The Bertz CT molecular complexity index is 814. The number of nitrogens with one attached hydrogen (secondary N) is 1. The van der Waals surface area contributed by atoms with Gasteiger partial charge in [-0.3, -0.25) is 9.59 Å². The van der Waals surface area contributed by atoms with Gasteiger partial charge in [-0.1, -0.05) is 29.3 Å². The molecule has 0 spiro atoms. The third-order valence-corrected chi connectivity index (χ3v) is 4.41. The molecular formula is C19H20Cl2N2O4. The molecule has 0 aliphatic rings. The van der Waals surface area contributed by atoms with Crippen LogP contribution in [0.15, 0.2) is 42.5 Å². The van der Waals surface area contributed by atoms with Crippen molar-refractivity contribution >= 4 is 40.7 Å². The largest absolute Gasteiger partial charge is 0.497 e. The van der Waals surface area contributed by atoms with Gasteiger partial charge in [-0.15, -0.1) is 0 Å². The standard InChI is InChI=1S/C19H20Cl2N2O4/c1-3-23(11-18(24)22-13-5-4-6-14(9-13)26-2)19(25)12-27-15-7-8-16(20)17(21)10-15/h4-10H,3,11-12H2,1-2H3,(H,22,24). The van der Waals surface area contributed by atoms with Gasteiger partial charge >= 0.3 is 0 Å². The minimum Gasteiger partial charge on any atom is -0.497 e. The quantitative estimate of drug-likeness (QED) is 0.716. The molecule has 0 radical (unpaired) electrons. The van der Waals surface area contributed by atoms with Crippen molar-refractivity contribution in [3.63, 3.8) is 0 Å². The van der Waals surface area contributed by atoms with Crippen LogP contribution in [-0.2, 0) is 9.59 Å². The van der Waals surface area contributed by atoms with Gasteiger partial charge in [0.25, 0.3) is 5.91 Å². The van der Waals surface area contributed by atoms with E-state index >= 15 is 0 Å². The lowest BCUT2D eigenvalue weighted by molar-refractivity contribution is -0.136. The number of carbonyl (C=O) groups is 2. The molecule has 0 aliphatic heterocycles. The topological polar surface area (TPSA) is 67.9 Å². The van der Waals surface area contributed by atoms with Crippen LogP contribution in [0.5, 0.6) is 11.5 Å². The summed E-state index contributed by atoms with van der Waals surface area (Å²) >= 11 is 11.8. The Labute approximate surface area is 168 Å². The summed E-state index contributed by atoms with van der Waals surface area (Å²) in [5.74, 6) is 0.429. The highest BCUT2D eigenvalue weighted by Gasteiger charge is 2.16. The summed E-state index contributed by atoms with van der Waals surface area (Å²) < 4.78 is 10.6. The fourth-order valence-corrected chi connectivity index (χ4v) is 2.54. The van der Waals surface area contributed by atoms with Crippen molar-refractivity contribution in [1.29, 1.82) is 0 Å². The number of hydrogen-bond acceptors (Lipinski definition) is 4. The number of likely N-dealkylation sites (N-methyl/N-ethyl adjacent to an activating group) is 1. The number of amides is 2. The van der Waals surface area contributed by atoms with Crippen molar-refractivity contribution in [2.75, 3.05) is 32.1 Å². The lowest BCUT2D eigenvalue weighted by Gasteiger charge is -2.20. The molecule has 0 heterocycles. The minimum absolute atomic E-state index is 0.0860. The third-order valence-electron chi connectivity index (χ3n) is 3.68. The maximum atomic E-state index is 12.3. The lowest BCUT2D eigenvalue weighted by Crippen LogP contribution is -2.40. The van der Waals surface area contributed by atoms with Crippen LogP contribution in [-0.4, -0.2) is 43.5 Å². The number of halogens is 2. The zero-order valence-corrected chi connectivity index (χ0v) is 16.5. The number of anilines is 1. The van der Waals surface area contributed by atoms with Crippen LogP contribution in [0.3, 0.4) is 0 Å².